The Bertz CT molecular complexity index is 1620. The van der Waals surface area contributed by atoms with E-state index < -0.39 is 0 Å². The average Bonchev–Trinajstić information content (AvgIpc) is 3.41. The molecular weight excluding hydrogens is 630 g/mol. The lowest BCUT2D eigenvalue weighted by molar-refractivity contribution is 0.174. The number of fused-ring (bicyclic) bond motifs is 2. The molecule has 0 radical (unpaired) electrons. The molecule has 0 aliphatic carbocycles. The molecule has 0 fully saturated rings. The van der Waals surface area contributed by atoms with Crippen LogP contribution in [0.25, 0.3) is 10.9 Å². The minimum Gasteiger partial charge on any atom is -0.490 e. The Morgan fingerprint density at radius 2 is 1.85 bits per heavy atom. The zero-order valence-electron chi connectivity index (χ0n) is 21.7. The maximum Gasteiger partial charge on any atom is 0.282 e. The molecule has 0 amide bonds. The number of hydrogen-bond donors (Lipinski definition) is 0. The van der Waals surface area contributed by atoms with Crippen LogP contribution in [-0.4, -0.2) is 29.3 Å². The van der Waals surface area contributed by atoms with Gasteiger partial charge in [-0.3, -0.25) is 4.79 Å². The fraction of sp³-hybridized carbons (Fsp3) is 0.276. The largest absolute Gasteiger partial charge is 0.490 e. The molecule has 10 heteroatoms. The van der Waals surface area contributed by atoms with E-state index in [0.717, 1.165) is 32.2 Å². The second-order valence-electron chi connectivity index (χ2n) is 9.03. The number of halogens is 2. The van der Waals surface area contributed by atoms with Crippen molar-refractivity contribution in [2.24, 2.45) is 5.10 Å². The quantitative estimate of drug-likeness (QED) is 0.180. The molecular formula is C29H27Br2N3O5. The molecule has 5 rings (SSSR count). The molecule has 1 aliphatic heterocycles. The molecule has 0 spiro atoms. The summed E-state index contributed by atoms with van der Waals surface area (Å²) >= 11 is 7.08. The summed E-state index contributed by atoms with van der Waals surface area (Å²) in [5.74, 6) is 3.23. The van der Waals surface area contributed by atoms with E-state index in [0.29, 0.717) is 47.2 Å². The van der Waals surface area contributed by atoms with E-state index in [1.807, 2.05) is 56.3 Å². The molecule has 0 bridgehead atoms. The lowest BCUT2D eigenvalue weighted by Gasteiger charge is -2.15. The van der Waals surface area contributed by atoms with E-state index in [4.69, 9.17) is 23.9 Å². The topological polar surface area (TPSA) is 84.2 Å². The molecule has 3 aromatic carbocycles. The lowest BCUT2D eigenvalue weighted by atomic mass is 10.1. The molecule has 1 aliphatic rings. The summed E-state index contributed by atoms with van der Waals surface area (Å²) in [6, 6.07) is 14.9. The minimum atomic E-state index is -0.224. The predicted octanol–water partition coefficient (Wildman–Crippen LogP) is 7.02. The van der Waals surface area contributed by atoms with Crippen LogP contribution in [-0.2, 0) is 6.61 Å². The van der Waals surface area contributed by atoms with Gasteiger partial charge < -0.3 is 18.9 Å². The van der Waals surface area contributed by atoms with E-state index in [1.54, 1.807) is 12.3 Å². The zero-order valence-corrected chi connectivity index (χ0v) is 24.9. The van der Waals surface area contributed by atoms with Gasteiger partial charge in [-0.15, -0.1) is 0 Å². The summed E-state index contributed by atoms with van der Waals surface area (Å²) in [6.45, 7) is 7.01. The maximum absolute atomic E-state index is 13.5. The molecule has 2 heterocycles. The first-order valence-corrected chi connectivity index (χ1v) is 14.2. The summed E-state index contributed by atoms with van der Waals surface area (Å²) in [5.41, 5.74) is 2.09. The summed E-state index contributed by atoms with van der Waals surface area (Å²) < 4.78 is 25.8. The number of aromatic nitrogens is 2. The monoisotopic (exact) mass is 655 g/mol. The van der Waals surface area contributed by atoms with E-state index >= 15 is 0 Å². The predicted molar refractivity (Wildman–Crippen MR) is 158 cm³/mol. The Kier molecular flexibility index (Phi) is 8.23. The number of rotatable bonds is 9. The second-order valence-corrected chi connectivity index (χ2v) is 10.8. The van der Waals surface area contributed by atoms with Crippen LogP contribution >= 0.6 is 31.9 Å². The van der Waals surface area contributed by atoms with Gasteiger partial charge in [-0.2, -0.15) is 9.78 Å². The third-order valence-electron chi connectivity index (χ3n) is 6.39. The second kappa shape index (κ2) is 11.8. The van der Waals surface area contributed by atoms with E-state index in [2.05, 4.69) is 43.9 Å². The highest BCUT2D eigenvalue weighted by Crippen LogP contribution is 2.36. The SMILES string of the molecule is CCOc1cc(C=Nn2c([C@H](C)CC)nc3ccc(Br)cc3c2=O)c(Br)cc1OCc1ccc2c(c1)OCO2. The van der Waals surface area contributed by atoms with Gasteiger partial charge >= 0.3 is 0 Å². The van der Waals surface area contributed by atoms with Crippen LogP contribution in [0.4, 0.5) is 0 Å². The highest BCUT2D eigenvalue weighted by molar-refractivity contribution is 9.10. The number of hydrogen-bond acceptors (Lipinski definition) is 7. The van der Waals surface area contributed by atoms with Crippen LogP contribution in [0, 0.1) is 0 Å². The third-order valence-corrected chi connectivity index (χ3v) is 7.57. The van der Waals surface area contributed by atoms with Crippen LogP contribution in [0.3, 0.4) is 0 Å². The Hall–Kier alpha value is -3.37. The zero-order chi connectivity index (χ0) is 27.5. The highest BCUT2D eigenvalue weighted by Gasteiger charge is 2.17. The van der Waals surface area contributed by atoms with E-state index in [-0.39, 0.29) is 18.3 Å². The molecule has 39 heavy (non-hydrogen) atoms. The van der Waals surface area contributed by atoms with Gasteiger partial charge in [0.25, 0.3) is 5.56 Å². The van der Waals surface area contributed by atoms with Gasteiger partial charge in [0.2, 0.25) is 6.79 Å². The molecule has 202 valence electrons. The summed E-state index contributed by atoms with van der Waals surface area (Å²) in [6.07, 6.45) is 2.45. The Balaban J connectivity index is 1.47. The fourth-order valence-corrected chi connectivity index (χ4v) is 4.91. The van der Waals surface area contributed by atoms with Crippen molar-refractivity contribution >= 4 is 49.0 Å². The van der Waals surface area contributed by atoms with Gasteiger partial charge in [0.15, 0.2) is 23.0 Å². The molecule has 0 unspecified atom stereocenters. The van der Waals surface area contributed by atoms with Crippen LogP contribution < -0.4 is 24.5 Å². The van der Waals surface area contributed by atoms with E-state index in [1.165, 1.54) is 4.68 Å². The minimum absolute atomic E-state index is 0.0391. The summed E-state index contributed by atoms with van der Waals surface area (Å²) in [4.78, 5) is 18.2. The molecule has 8 nitrogen and oxygen atoms in total. The number of ether oxygens (including phenoxy) is 4. The van der Waals surface area contributed by atoms with Gasteiger partial charge in [0.1, 0.15) is 12.4 Å². The molecule has 1 atom stereocenters. The molecule has 0 saturated heterocycles. The normalized spacial score (nSPS) is 13.3. The van der Waals surface area contributed by atoms with Crippen molar-refractivity contribution in [1.29, 1.82) is 0 Å². The molecule has 0 N–H and O–H groups in total. The van der Waals surface area contributed by atoms with Crippen LogP contribution in [0.2, 0.25) is 0 Å². The first-order chi connectivity index (χ1) is 18.9. The van der Waals surface area contributed by atoms with Gasteiger partial charge in [0, 0.05) is 20.4 Å². The number of nitrogens with zero attached hydrogens (tertiary/aromatic N) is 3. The van der Waals surface area contributed by atoms with Gasteiger partial charge in [0.05, 0.1) is 23.7 Å². The van der Waals surface area contributed by atoms with Crippen LogP contribution in [0.5, 0.6) is 23.0 Å². The van der Waals surface area contributed by atoms with Crippen LogP contribution in [0.1, 0.15) is 50.1 Å². The van der Waals surface area contributed by atoms with Crippen molar-refractivity contribution in [3.8, 4) is 23.0 Å². The highest BCUT2D eigenvalue weighted by atomic mass is 79.9. The molecule has 0 saturated carbocycles. The van der Waals surface area contributed by atoms with Crippen molar-refractivity contribution in [3.63, 3.8) is 0 Å². The van der Waals surface area contributed by atoms with Crippen molar-refractivity contribution < 1.29 is 18.9 Å². The number of benzene rings is 3. The standard InChI is InChI=1S/C29H27Br2N3O5/c1-4-17(3)28-33-23-8-7-20(30)12-21(23)29(35)34(28)32-14-19-11-26(36-5-2)27(13-22(19)31)37-15-18-6-9-24-25(10-18)39-16-38-24/h6-14,17H,4-5,15-16H2,1-3H3/t17-/m1/s1. The Morgan fingerprint density at radius 3 is 2.64 bits per heavy atom. The lowest BCUT2D eigenvalue weighted by Crippen LogP contribution is -2.23. The van der Waals surface area contributed by atoms with Gasteiger partial charge in [-0.05, 0) is 77.3 Å². The van der Waals surface area contributed by atoms with Gasteiger partial charge in [-0.25, -0.2) is 4.98 Å². The fourth-order valence-electron chi connectivity index (χ4n) is 4.12. The first kappa shape index (κ1) is 27.2. The van der Waals surface area contributed by atoms with Crippen molar-refractivity contribution in [1.82, 2.24) is 9.66 Å². The van der Waals surface area contributed by atoms with Crippen LogP contribution in [0.15, 0.2) is 67.4 Å². The Labute approximate surface area is 242 Å². The molecule has 1 aromatic heterocycles. The van der Waals surface area contributed by atoms with Crippen molar-refractivity contribution in [2.75, 3.05) is 13.4 Å². The van der Waals surface area contributed by atoms with Gasteiger partial charge in [-0.1, -0.05) is 35.8 Å². The summed E-state index contributed by atoms with van der Waals surface area (Å²) in [5, 5.41) is 5.09. The molecule has 4 aromatic rings. The average molecular weight is 657 g/mol. The van der Waals surface area contributed by atoms with Crippen molar-refractivity contribution in [3.05, 3.63) is 84.8 Å². The van der Waals surface area contributed by atoms with Crippen molar-refractivity contribution in [2.45, 2.75) is 39.7 Å². The smallest absolute Gasteiger partial charge is 0.282 e. The summed E-state index contributed by atoms with van der Waals surface area (Å²) in [7, 11) is 0. The Morgan fingerprint density at radius 1 is 1.05 bits per heavy atom. The van der Waals surface area contributed by atoms with E-state index in [9.17, 15) is 4.79 Å². The maximum atomic E-state index is 13.5. The third kappa shape index (κ3) is 5.81. The first-order valence-electron chi connectivity index (χ1n) is 12.6.